The molecule has 1 heterocycles. The molecular weight excluding hydrogens is 249 g/mol. The molecule has 2 aromatic rings. The number of fused-ring (bicyclic) bond motifs is 1. The van der Waals surface area contributed by atoms with Crippen molar-refractivity contribution in [1.82, 2.24) is 10.2 Å². The Hall–Kier alpha value is -1.49. The maximum absolute atomic E-state index is 13.1. The van der Waals surface area contributed by atoms with E-state index in [4.69, 9.17) is 0 Å². The van der Waals surface area contributed by atoms with Gasteiger partial charge in [-0.25, -0.2) is 4.39 Å². The average Bonchev–Trinajstić information content (AvgIpc) is 2.97. The van der Waals surface area contributed by atoms with Crippen LogP contribution in [-0.2, 0) is 12.8 Å². The standard InChI is InChI=1S/C13H14FN3S/c1-2-12-16-17-13(18-12)15-11-6-3-8-7-9(14)4-5-10(8)11/h4-5,7,11H,2-3,6H2,1H3,(H,15,17). The van der Waals surface area contributed by atoms with E-state index in [1.54, 1.807) is 17.4 Å². The molecule has 1 atom stereocenters. The first-order valence-electron chi connectivity index (χ1n) is 6.13. The molecule has 1 N–H and O–H groups in total. The molecule has 1 aliphatic carbocycles. The molecule has 1 aromatic heterocycles. The van der Waals surface area contributed by atoms with Gasteiger partial charge in [0.1, 0.15) is 10.8 Å². The van der Waals surface area contributed by atoms with Crippen molar-refractivity contribution < 1.29 is 4.39 Å². The minimum atomic E-state index is -0.154. The molecule has 1 unspecified atom stereocenters. The van der Waals surface area contributed by atoms with Crippen LogP contribution in [0.1, 0.15) is 35.5 Å². The van der Waals surface area contributed by atoms with Gasteiger partial charge in [-0.05, 0) is 42.5 Å². The van der Waals surface area contributed by atoms with Crippen molar-refractivity contribution in [2.45, 2.75) is 32.2 Å². The minimum Gasteiger partial charge on any atom is -0.353 e. The third-order valence-corrected chi connectivity index (χ3v) is 4.25. The van der Waals surface area contributed by atoms with E-state index in [0.717, 1.165) is 35.0 Å². The number of rotatable bonds is 3. The summed E-state index contributed by atoms with van der Waals surface area (Å²) in [6, 6.07) is 5.26. The van der Waals surface area contributed by atoms with E-state index in [9.17, 15) is 4.39 Å². The molecule has 3 rings (SSSR count). The molecule has 1 aromatic carbocycles. The predicted octanol–water partition coefficient (Wildman–Crippen LogP) is 3.34. The lowest BCUT2D eigenvalue weighted by Gasteiger charge is -2.12. The highest BCUT2D eigenvalue weighted by molar-refractivity contribution is 7.15. The molecular formula is C13H14FN3S. The Balaban J connectivity index is 1.80. The molecule has 0 saturated carbocycles. The van der Waals surface area contributed by atoms with Gasteiger partial charge >= 0.3 is 0 Å². The van der Waals surface area contributed by atoms with Crippen LogP contribution in [0.4, 0.5) is 9.52 Å². The summed E-state index contributed by atoms with van der Waals surface area (Å²) in [5.41, 5.74) is 2.29. The first-order chi connectivity index (χ1) is 8.76. The molecule has 3 nitrogen and oxygen atoms in total. The topological polar surface area (TPSA) is 37.8 Å². The first kappa shape index (κ1) is 11.6. The van der Waals surface area contributed by atoms with Gasteiger partial charge in [0.05, 0.1) is 6.04 Å². The third kappa shape index (κ3) is 2.10. The van der Waals surface area contributed by atoms with Crippen LogP contribution in [0.5, 0.6) is 0 Å². The summed E-state index contributed by atoms with van der Waals surface area (Å²) in [5, 5.41) is 13.5. The van der Waals surface area contributed by atoms with E-state index >= 15 is 0 Å². The van der Waals surface area contributed by atoms with Gasteiger partial charge in [-0.1, -0.05) is 24.3 Å². The van der Waals surface area contributed by atoms with Gasteiger partial charge in [-0.2, -0.15) is 0 Å². The number of aromatic nitrogens is 2. The molecule has 5 heteroatoms. The highest BCUT2D eigenvalue weighted by Crippen LogP contribution is 2.34. The fourth-order valence-corrected chi connectivity index (χ4v) is 3.07. The van der Waals surface area contributed by atoms with Crippen molar-refractivity contribution in [3.63, 3.8) is 0 Å². The molecule has 0 bridgehead atoms. The van der Waals surface area contributed by atoms with Crippen LogP contribution < -0.4 is 5.32 Å². The van der Waals surface area contributed by atoms with E-state index in [1.807, 2.05) is 6.07 Å². The monoisotopic (exact) mass is 263 g/mol. The van der Waals surface area contributed by atoms with Crippen LogP contribution in [0.15, 0.2) is 18.2 Å². The van der Waals surface area contributed by atoms with E-state index in [1.165, 1.54) is 11.6 Å². The number of hydrogen-bond donors (Lipinski definition) is 1. The normalized spacial score (nSPS) is 17.8. The summed E-state index contributed by atoms with van der Waals surface area (Å²) in [6.07, 6.45) is 2.82. The van der Waals surface area contributed by atoms with Crippen molar-refractivity contribution in [2.24, 2.45) is 0 Å². The lowest BCUT2D eigenvalue weighted by Crippen LogP contribution is -2.06. The van der Waals surface area contributed by atoms with Gasteiger partial charge < -0.3 is 5.32 Å². The summed E-state index contributed by atoms with van der Waals surface area (Å²) in [6.45, 7) is 2.07. The van der Waals surface area contributed by atoms with Crippen molar-refractivity contribution in [1.29, 1.82) is 0 Å². The van der Waals surface area contributed by atoms with E-state index in [-0.39, 0.29) is 11.9 Å². The largest absolute Gasteiger partial charge is 0.353 e. The number of hydrogen-bond acceptors (Lipinski definition) is 4. The molecule has 0 fully saturated rings. The van der Waals surface area contributed by atoms with Gasteiger partial charge in [0, 0.05) is 0 Å². The van der Waals surface area contributed by atoms with Gasteiger partial charge in [-0.3, -0.25) is 0 Å². The molecule has 18 heavy (non-hydrogen) atoms. The Morgan fingerprint density at radius 2 is 2.33 bits per heavy atom. The van der Waals surface area contributed by atoms with E-state index < -0.39 is 0 Å². The molecule has 0 radical (unpaired) electrons. The summed E-state index contributed by atoms with van der Waals surface area (Å²) in [5.74, 6) is -0.154. The van der Waals surface area contributed by atoms with E-state index in [0.29, 0.717) is 0 Å². The second kappa shape index (κ2) is 4.65. The molecule has 0 saturated heterocycles. The summed E-state index contributed by atoms with van der Waals surface area (Å²) >= 11 is 1.59. The summed E-state index contributed by atoms with van der Waals surface area (Å²) in [4.78, 5) is 0. The highest BCUT2D eigenvalue weighted by atomic mass is 32.1. The zero-order valence-corrected chi connectivity index (χ0v) is 10.9. The second-order valence-corrected chi connectivity index (χ2v) is 5.50. The Bertz CT molecular complexity index is 567. The van der Waals surface area contributed by atoms with E-state index in [2.05, 4.69) is 22.4 Å². The number of benzene rings is 1. The second-order valence-electron chi connectivity index (χ2n) is 4.43. The number of nitrogens with one attached hydrogen (secondary N) is 1. The Morgan fingerprint density at radius 3 is 3.11 bits per heavy atom. The number of anilines is 1. The lowest BCUT2D eigenvalue weighted by molar-refractivity contribution is 0.626. The summed E-state index contributed by atoms with van der Waals surface area (Å²) in [7, 11) is 0. The fourth-order valence-electron chi connectivity index (χ4n) is 2.34. The lowest BCUT2D eigenvalue weighted by atomic mass is 10.1. The highest BCUT2D eigenvalue weighted by Gasteiger charge is 2.23. The van der Waals surface area contributed by atoms with Gasteiger partial charge in [0.15, 0.2) is 0 Å². The Labute approximate surface area is 109 Å². The van der Waals surface area contributed by atoms with Crippen molar-refractivity contribution >= 4 is 16.5 Å². The van der Waals surface area contributed by atoms with Crippen LogP contribution in [0.25, 0.3) is 0 Å². The maximum Gasteiger partial charge on any atom is 0.206 e. The van der Waals surface area contributed by atoms with Crippen LogP contribution in [0.2, 0.25) is 0 Å². The molecule has 0 spiro atoms. The van der Waals surface area contributed by atoms with Crippen molar-refractivity contribution in [2.75, 3.05) is 5.32 Å². The van der Waals surface area contributed by atoms with Gasteiger partial charge in [-0.15, -0.1) is 10.2 Å². The van der Waals surface area contributed by atoms with Gasteiger partial charge in [0.2, 0.25) is 5.13 Å². The van der Waals surface area contributed by atoms with Crippen LogP contribution >= 0.6 is 11.3 Å². The predicted molar refractivity (Wildman–Crippen MR) is 70.4 cm³/mol. The van der Waals surface area contributed by atoms with Gasteiger partial charge in [0.25, 0.3) is 0 Å². The molecule has 0 aliphatic heterocycles. The number of aryl methyl sites for hydroxylation is 2. The first-order valence-corrected chi connectivity index (χ1v) is 6.95. The SMILES string of the molecule is CCc1nnc(NC2CCc3cc(F)ccc32)s1. The summed E-state index contributed by atoms with van der Waals surface area (Å²) < 4.78 is 13.1. The molecule has 0 amide bonds. The minimum absolute atomic E-state index is 0.154. The Morgan fingerprint density at radius 1 is 1.44 bits per heavy atom. The van der Waals surface area contributed by atoms with Crippen LogP contribution in [0.3, 0.4) is 0 Å². The Kier molecular flexibility index (Phi) is 2.99. The molecule has 1 aliphatic rings. The number of nitrogens with zero attached hydrogens (tertiary/aromatic N) is 2. The van der Waals surface area contributed by atoms with Crippen molar-refractivity contribution in [3.05, 3.63) is 40.2 Å². The third-order valence-electron chi connectivity index (χ3n) is 3.25. The fraction of sp³-hybridized carbons (Fsp3) is 0.385. The quantitative estimate of drug-likeness (QED) is 0.923. The smallest absolute Gasteiger partial charge is 0.206 e. The zero-order chi connectivity index (χ0) is 12.5. The maximum atomic E-state index is 13.1. The molecule has 94 valence electrons. The zero-order valence-electron chi connectivity index (χ0n) is 10.1. The van der Waals surface area contributed by atoms with Crippen LogP contribution in [-0.4, -0.2) is 10.2 Å². The average molecular weight is 263 g/mol. The van der Waals surface area contributed by atoms with Crippen molar-refractivity contribution in [3.8, 4) is 0 Å². The number of halogens is 1. The van der Waals surface area contributed by atoms with Crippen LogP contribution in [0, 0.1) is 5.82 Å².